The fourth-order valence-corrected chi connectivity index (χ4v) is 1.63. The number of carbonyl (C=O) groups is 2. The summed E-state index contributed by atoms with van der Waals surface area (Å²) in [6, 6.07) is 9.71. The van der Waals surface area contributed by atoms with E-state index >= 15 is 0 Å². The largest absolute Gasteiger partial charge is 0.469 e. The van der Waals surface area contributed by atoms with E-state index in [0.29, 0.717) is 13.0 Å². The standard InChI is InChI=1S/C14H19NO3/c1-11(9-14(17)18-2)8-13(16)15-10-12-6-4-3-5-7-12/h3-7,11H,8-10H2,1-2H3,(H,15,16). The van der Waals surface area contributed by atoms with Crippen molar-refractivity contribution in [1.29, 1.82) is 0 Å². The lowest BCUT2D eigenvalue weighted by atomic mass is 10.0. The maximum atomic E-state index is 11.6. The summed E-state index contributed by atoms with van der Waals surface area (Å²) in [5.74, 6) is -0.332. The molecule has 0 aliphatic rings. The Labute approximate surface area is 107 Å². The molecule has 0 fully saturated rings. The van der Waals surface area contributed by atoms with Crippen molar-refractivity contribution in [2.24, 2.45) is 5.92 Å². The van der Waals surface area contributed by atoms with Gasteiger partial charge in [-0.25, -0.2) is 0 Å². The molecule has 0 saturated heterocycles. The van der Waals surface area contributed by atoms with Gasteiger partial charge in [-0.15, -0.1) is 0 Å². The van der Waals surface area contributed by atoms with Crippen LogP contribution in [0.15, 0.2) is 30.3 Å². The molecule has 1 aromatic carbocycles. The lowest BCUT2D eigenvalue weighted by molar-refractivity contribution is -0.141. The average Bonchev–Trinajstić information content (AvgIpc) is 2.37. The summed E-state index contributed by atoms with van der Waals surface area (Å²) in [6.07, 6.45) is 0.608. The minimum Gasteiger partial charge on any atom is -0.469 e. The Morgan fingerprint density at radius 2 is 1.89 bits per heavy atom. The number of hydrogen-bond acceptors (Lipinski definition) is 3. The Balaban J connectivity index is 2.27. The number of hydrogen-bond donors (Lipinski definition) is 1. The van der Waals surface area contributed by atoms with Gasteiger partial charge >= 0.3 is 5.97 Å². The summed E-state index contributed by atoms with van der Waals surface area (Å²) in [5.41, 5.74) is 1.06. The summed E-state index contributed by atoms with van der Waals surface area (Å²) >= 11 is 0. The van der Waals surface area contributed by atoms with E-state index in [2.05, 4.69) is 10.1 Å². The van der Waals surface area contributed by atoms with E-state index in [1.165, 1.54) is 7.11 Å². The van der Waals surface area contributed by atoms with Gasteiger partial charge in [0.25, 0.3) is 0 Å². The minimum atomic E-state index is -0.279. The molecular weight excluding hydrogens is 230 g/mol. The van der Waals surface area contributed by atoms with Crippen molar-refractivity contribution in [1.82, 2.24) is 5.32 Å². The fraction of sp³-hybridized carbons (Fsp3) is 0.429. The maximum Gasteiger partial charge on any atom is 0.305 e. The third kappa shape index (κ3) is 5.48. The SMILES string of the molecule is COC(=O)CC(C)CC(=O)NCc1ccccc1. The van der Waals surface area contributed by atoms with E-state index in [4.69, 9.17) is 0 Å². The van der Waals surface area contributed by atoms with Gasteiger partial charge in [0.2, 0.25) is 5.91 Å². The number of carbonyl (C=O) groups excluding carboxylic acids is 2. The zero-order chi connectivity index (χ0) is 13.4. The third-order valence-electron chi connectivity index (χ3n) is 2.61. The second-order valence-electron chi connectivity index (χ2n) is 4.35. The summed E-state index contributed by atoms with van der Waals surface area (Å²) < 4.78 is 4.56. The van der Waals surface area contributed by atoms with Crippen LogP contribution >= 0.6 is 0 Å². The molecule has 0 heterocycles. The summed E-state index contributed by atoms with van der Waals surface area (Å²) in [7, 11) is 1.35. The molecule has 18 heavy (non-hydrogen) atoms. The highest BCUT2D eigenvalue weighted by Gasteiger charge is 2.13. The zero-order valence-corrected chi connectivity index (χ0v) is 10.8. The number of methoxy groups -OCH3 is 1. The van der Waals surface area contributed by atoms with Crippen molar-refractivity contribution in [2.45, 2.75) is 26.3 Å². The molecule has 4 nitrogen and oxygen atoms in total. The van der Waals surface area contributed by atoms with Crippen molar-refractivity contribution in [3.05, 3.63) is 35.9 Å². The first-order valence-electron chi connectivity index (χ1n) is 5.99. The van der Waals surface area contributed by atoms with Crippen molar-refractivity contribution in [3.8, 4) is 0 Å². The quantitative estimate of drug-likeness (QED) is 0.783. The minimum absolute atomic E-state index is 0.00627. The molecule has 98 valence electrons. The van der Waals surface area contributed by atoms with Gasteiger partial charge in [0.05, 0.1) is 7.11 Å². The number of rotatable bonds is 6. The van der Waals surface area contributed by atoms with Crippen molar-refractivity contribution in [2.75, 3.05) is 7.11 Å². The molecule has 1 amide bonds. The van der Waals surface area contributed by atoms with Gasteiger partial charge in [-0.3, -0.25) is 9.59 Å². The van der Waals surface area contributed by atoms with Gasteiger partial charge in [-0.05, 0) is 11.5 Å². The van der Waals surface area contributed by atoms with E-state index in [9.17, 15) is 9.59 Å². The Morgan fingerprint density at radius 1 is 1.22 bits per heavy atom. The predicted octanol–water partition coefficient (Wildman–Crippen LogP) is 1.89. The highest BCUT2D eigenvalue weighted by molar-refractivity contribution is 5.77. The van der Waals surface area contributed by atoms with Crippen LogP contribution in [-0.4, -0.2) is 19.0 Å². The number of amides is 1. The summed E-state index contributed by atoms with van der Waals surface area (Å²) in [4.78, 5) is 22.7. The van der Waals surface area contributed by atoms with E-state index in [1.54, 1.807) is 0 Å². The number of nitrogens with one attached hydrogen (secondary N) is 1. The Kier molecular flexibility index (Phi) is 5.91. The Bertz CT molecular complexity index is 389. The number of esters is 1. The first-order valence-corrected chi connectivity index (χ1v) is 5.99. The van der Waals surface area contributed by atoms with Crippen molar-refractivity contribution < 1.29 is 14.3 Å². The van der Waals surface area contributed by atoms with Crippen LogP contribution in [0.25, 0.3) is 0 Å². The van der Waals surface area contributed by atoms with E-state index < -0.39 is 0 Å². The van der Waals surface area contributed by atoms with E-state index in [1.807, 2.05) is 37.3 Å². The topological polar surface area (TPSA) is 55.4 Å². The van der Waals surface area contributed by atoms with Crippen LogP contribution in [0.4, 0.5) is 0 Å². The molecule has 0 saturated carbocycles. The first kappa shape index (κ1) is 14.2. The van der Waals surface area contributed by atoms with Crippen molar-refractivity contribution >= 4 is 11.9 Å². The second-order valence-corrected chi connectivity index (χ2v) is 4.35. The fourth-order valence-electron chi connectivity index (χ4n) is 1.63. The molecular formula is C14H19NO3. The van der Waals surface area contributed by atoms with Crippen LogP contribution in [-0.2, 0) is 20.9 Å². The average molecular weight is 249 g/mol. The molecule has 0 bridgehead atoms. The molecule has 1 aromatic rings. The van der Waals surface area contributed by atoms with Crippen LogP contribution in [0.2, 0.25) is 0 Å². The van der Waals surface area contributed by atoms with E-state index in [-0.39, 0.29) is 24.2 Å². The number of benzene rings is 1. The normalized spacial score (nSPS) is 11.7. The van der Waals surface area contributed by atoms with Gasteiger partial charge in [0.1, 0.15) is 0 Å². The van der Waals surface area contributed by atoms with Crippen LogP contribution in [0.1, 0.15) is 25.3 Å². The van der Waals surface area contributed by atoms with E-state index in [0.717, 1.165) is 5.56 Å². The third-order valence-corrected chi connectivity index (χ3v) is 2.61. The van der Waals surface area contributed by atoms with Gasteiger partial charge < -0.3 is 10.1 Å². The molecule has 0 aliphatic heterocycles. The smallest absolute Gasteiger partial charge is 0.305 e. The Morgan fingerprint density at radius 3 is 2.50 bits per heavy atom. The first-order chi connectivity index (χ1) is 8.61. The molecule has 4 heteroatoms. The lowest BCUT2D eigenvalue weighted by Crippen LogP contribution is -2.25. The van der Waals surface area contributed by atoms with Crippen LogP contribution < -0.4 is 5.32 Å². The van der Waals surface area contributed by atoms with Crippen LogP contribution in [0.5, 0.6) is 0 Å². The summed E-state index contributed by atoms with van der Waals surface area (Å²) in [6.45, 7) is 2.38. The second kappa shape index (κ2) is 7.48. The van der Waals surface area contributed by atoms with Crippen LogP contribution in [0, 0.1) is 5.92 Å². The molecule has 0 aliphatic carbocycles. The van der Waals surface area contributed by atoms with Gasteiger partial charge in [-0.2, -0.15) is 0 Å². The van der Waals surface area contributed by atoms with Gasteiger partial charge in [0.15, 0.2) is 0 Å². The molecule has 1 rings (SSSR count). The van der Waals surface area contributed by atoms with Gasteiger partial charge in [0, 0.05) is 19.4 Å². The molecule has 0 spiro atoms. The maximum absolute atomic E-state index is 11.6. The molecule has 0 aromatic heterocycles. The lowest BCUT2D eigenvalue weighted by Gasteiger charge is -2.10. The van der Waals surface area contributed by atoms with Crippen molar-refractivity contribution in [3.63, 3.8) is 0 Å². The van der Waals surface area contributed by atoms with Gasteiger partial charge in [-0.1, -0.05) is 37.3 Å². The molecule has 1 unspecified atom stereocenters. The Hall–Kier alpha value is -1.84. The molecule has 1 atom stereocenters. The number of ether oxygens (including phenoxy) is 1. The molecule has 1 N–H and O–H groups in total. The summed E-state index contributed by atoms with van der Waals surface area (Å²) in [5, 5.41) is 2.83. The molecule has 0 radical (unpaired) electrons. The monoisotopic (exact) mass is 249 g/mol. The zero-order valence-electron chi connectivity index (χ0n) is 10.8. The highest BCUT2D eigenvalue weighted by Crippen LogP contribution is 2.08. The predicted molar refractivity (Wildman–Crippen MR) is 68.7 cm³/mol. The highest BCUT2D eigenvalue weighted by atomic mass is 16.5. The van der Waals surface area contributed by atoms with Crippen LogP contribution in [0.3, 0.4) is 0 Å².